The first-order valence-corrected chi connectivity index (χ1v) is 4.04. The molecule has 0 aromatic carbocycles. The minimum Gasteiger partial charge on any atom is -0.196 e. The van der Waals surface area contributed by atoms with Crippen LogP contribution < -0.4 is 0 Å². The van der Waals surface area contributed by atoms with Crippen LogP contribution in [0.25, 0.3) is 0 Å². The third-order valence-corrected chi connectivity index (χ3v) is 2.06. The Morgan fingerprint density at radius 3 is 2.64 bits per heavy atom. The van der Waals surface area contributed by atoms with Crippen molar-refractivity contribution in [2.45, 2.75) is 11.3 Å². The summed E-state index contributed by atoms with van der Waals surface area (Å²) in [5, 5.41) is 9.54. The van der Waals surface area contributed by atoms with Crippen LogP contribution in [0.2, 0.25) is 0 Å². The van der Waals surface area contributed by atoms with Gasteiger partial charge in [-0.25, -0.2) is 0 Å². The van der Waals surface area contributed by atoms with Gasteiger partial charge in [-0.2, -0.15) is 5.26 Å². The van der Waals surface area contributed by atoms with E-state index in [2.05, 4.69) is 0 Å². The van der Waals surface area contributed by atoms with Crippen molar-refractivity contribution in [3.8, 4) is 6.07 Å². The summed E-state index contributed by atoms with van der Waals surface area (Å²) in [6.45, 7) is 0. The third kappa shape index (κ3) is 2.13. The molecule has 0 aromatic heterocycles. The molecule has 0 spiro atoms. The molecule has 0 heterocycles. The highest BCUT2D eigenvalue weighted by Crippen LogP contribution is 2.34. The van der Waals surface area contributed by atoms with Gasteiger partial charge in [0.1, 0.15) is 0 Å². The summed E-state index contributed by atoms with van der Waals surface area (Å²) in [6.07, 6.45) is 3.39. The van der Waals surface area contributed by atoms with E-state index in [0.29, 0.717) is 16.5 Å². The van der Waals surface area contributed by atoms with Crippen LogP contribution in [0.3, 0.4) is 0 Å². The summed E-state index contributed by atoms with van der Waals surface area (Å²) in [7, 11) is 0. The van der Waals surface area contributed by atoms with Crippen molar-refractivity contribution in [1.29, 1.82) is 5.26 Å². The van der Waals surface area contributed by atoms with Gasteiger partial charge >= 0.3 is 0 Å². The lowest BCUT2D eigenvalue weighted by molar-refractivity contribution is 0.866. The van der Waals surface area contributed by atoms with E-state index in [9.17, 15) is 0 Å². The second-order valence-electron chi connectivity index (χ2n) is 2.27. The maximum absolute atomic E-state index is 8.61. The van der Waals surface area contributed by atoms with Crippen molar-refractivity contribution in [3.63, 3.8) is 0 Å². The van der Waals surface area contributed by atoms with Gasteiger partial charge in [-0.05, 0) is 12.2 Å². The molecule has 0 saturated heterocycles. The summed E-state index contributed by atoms with van der Waals surface area (Å²) in [6, 6.07) is 1.92. The topological polar surface area (TPSA) is 23.8 Å². The molecule has 1 rings (SSSR count). The standard InChI is InChI=1S/C7H4Cl3N/c8-5-1-6(9)3-7(10,2-5)4-11/h1-2H,3H2. The molecule has 1 nitrogen and oxygen atoms in total. The fourth-order valence-electron chi connectivity index (χ4n) is 0.829. The van der Waals surface area contributed by atoms with Crippen LogP contribution in [0, 0.1) is 11.3 Å². The smallest absolute Gasteiger partial charge is 0.155 e. The monoisotopic (exact) mass is 207 g/mol. The van der Waals surface area contributed by atoms with Crippen molar-refractivity contribution < 1.29 is 0 Å². The van der Waals surface area contributed by atoms with Gasteiger partial charge in [0, 0.05) is 16.5 Å². The highest BCUT2D eigenvalue weighted by molar-refractivity contribution is 6.37. The Hall–Kier alpha value is -0.160. The molecule has 0 aromatic rings. The molecule has 58 valence electrons. The normalized spacial score (nSPS) is 30.4. The molecule has 11 heavy (non-hydrogen) atoms. The second kappa shape index (κ2) is 3.06. The lowest BCUT2D eigenvalue weighted by Gasteiger charge is -2.17. The lowest BCUT2D eigenvalue weighted by atomic mass is 10.0. The number of rotatable bonds is 0. The highest BCUT2D eigenvalue weighted by atomic mass is 35.5. The molecule has 0 N–H and O–H groups in total. The van der Waals surface area contributed by atoms with Crippen LogP contribution in [0.4, 0.5) is 0 Å². The quantitative estimate of drug-likeness (QED) is 0.561. The molecule has 4 heteroatoms. The molecule has 0 aliphatic heterocycles. The summed E-state index contributed by atoms with van der Waals surface area (Å²) in [5.41, 5.74) is 0. The zero-order valence-corrected chi connectivity index (χ0v) is 7.71. The molecule has 0 bridgehead atoms. The number of hydrogen-bond donors (Lipinski definition) is 0. The first-order valence-electron chi connectivity index (χ1n) is 2.90. The number of allylic oxidation sites excluding steroid dienone is 4. The van der Waals surface area contributed by atoms with E-state index >= 15 is 0 Å². The SMILES string of the molecule is N#CC1(Cl)C=C(Cl)C=C(Cl)C1. The van der Waals surface area contributed by atoms with Crippen molar-refractivity contribution in [3.05, 3.63) is 22.2 Å². The molecule has 1 aliphatic rings. The predicted octanol–water partition coefficient (Wildman–Crippen LogP) is 3.14. The molecule has 1 aliphatic carbocycles. The van der Waals surface area contributed by atoms with Crippen molar-refractivity contribution in [2.24, 2.45) is 0 Å². The largest absolute Gasteiger partial charge is 0.196 e. The first-order chi connectivity index (χ1) is 5.06. The van der Waals surface area contributed by atoms with Gasteiger partial charge in [0.2, 0.25) is 0 Å². The van der Waals surface area contributed by atoms with E-state index in [-0.39, 0.29) is 0 Å². The van der Waals surface area contributed by atoms with Gasteiger partial charge in [-0.15, -0.1) is 0 Å². The highest BCUT2D eigenvalue weighted by Gasteiger charge is 2.28. The molecular formula is C7H4Cl3N. The number of hydrogen-bond acceptors (Lipinski definition) is 1. The van der Waals surface area contributed by atoms with Crippen LogP contribution in [0.1, 0.15) is 6.42 Å². The predicted molar refractivity (Wildman–Crippen MR) is 46.7 cm³/mol. The number of alkyl halides is 1. The van der Waals surface area contributed by atoms with Crippen LogP contribution in [-0.2, 0) is 0 Å². The summed E-state index contributed by atoms with van der Waals surface area (Å²) >= 11 is 17.1. The summed E-state index contributed by atoms with van der Waals surface area (Å²) in [4.78, 5) is -1.05. The fourth-order valence-corrected chi connectivity index (χ4v) is 1.92. The second-order valence-corrected chi connectivity index (χ2v) is 3.87. The van der Waals surface area contributed by atoms with Crippen LogP contribution >= 0.6 is 34.8 Å². The van der Waals surface area contributed by atoms with Crippen molar-refractivity contribution in [1.82, 2.24) is 0 Å². The van der Waals surface area contributed by atoms with Crippen LogP contribution in [-0.4, -0.2) is 4.87 Å². The Bertz CT molecular complexity index is 274. The van der Waals surface area contributed by atoms with Crippen LogP contribution in [0.5, 0.6) is 0 Å². The van der Waals surface area contributed by atoms with E-state index in [1.165, 1.54) is 6.08 Å². The van der Waals surface area contributed by atoms with Gasteiger partial charge in [0.15, 0.2) is 4.87 Å². The Labute approximate surface area is 79.8 Å². The molecular weight excluding hydrogens is 204 g/mol. The third-order valence-electron chi connectivity index (χ3n) is 1.27. The van der Waals surface area contributed by atoms with Crippen molar-refractivity contribution >= 4 is 34.8 Å². The van der Waals surface area contributed by atoms with Gasteiger partial charge < -0.3 is 0 Å². The molecule has 0 fully saturated rings. The zero-order chi connectivity index (χ0) is 8.48. The van der Waals surface area contributed by atoms with E-state index in [4.69, 9.17) is 40.1 Å². The Kier molecular flexibility index (Phi) is 2.49. The molecule has 0 radical (unpaired) electrons. The number of halogens is 3. The molecule has 1 atom stereocenters. The number of nitriles is 1. The van der Waals surface area contributed by atoms with Gasteiger partial charge in [0.25, 0.3) is 0 Å². The van der Waals surface area contributed by atoms with Gasteiger partial charge in [-0.1, -0.05) is 34.8 Å². The Morgan fingerprint density at radius 2 is 2.18 bits per heavy atom. The molecule has 0 amide bonds. The minimum absolute atomic E-state index is 0.322. The Balaban J connectivity index is 2.98. The van der Waals surface area contributed by atoms with Crippen molar-refractivity contribution in [2.75, 3.05) is 0 Å². The lowest BCUT2D eigenvalue weighted by Crippen LogP contribution is -2.17. The average molecular weight is 208 g/mol. The maximum atomic E-state index is 8.61. The maximum Gasteiger partial charge on any atom is 0.155 e. The van der Waals surface area contributed by atoms with Gasteiger partial charge in [0.05, 0.1) is 6.07 Å². The van der Waals surface area contributed by atoms with Gasteiger partial charge in [-0.3, -0.25) is 0 Å². The fraction of sp³-hybridized carbons (Fsp3) is 0.286. The zero-order valence-electron chi connectivity index (χ0n) is 5.44. The van der Waals surface area contributed by atoms with E-state index < -0.39 is 4.87 Å². The molecule has 1 unspecified atom stereocenters. The number of nitrogens with zero attached hydrogens (tertiary/aromatic N) is 1. The summed E-state index contributed by atoms with van der Waals surface area (Å²) in [5.74, 6) is 0. The molecule has 0 saturated carbocycles. The first kappa shape index (κ1) is 8.93. The van der Waals surface area contributed by atoms with E-state index in [1.807, 2.05) is 6.07 Å². The van der Waals surface area contributed by atoms with E-state index in [1.54, 1.807) is 6.08 Å². The summed E-state index contributed by atoms with van der Waals surface area (Å²) < 4.78 is 0. The van der Waals surface area contributed by atoms with E-state index in [0.717, 1.165) is 0 Å². The van der Waals surface area contributed by atoms with Crippen LogP contribution in [0.15, 0.2) is 22.2 Å². The minimum atomic E-state index is -1.05. The average Bonchev–Trinajstić information content (AvgIpc) is 1.84. The Morgan fingerprint density at radius 1 is 1.55 bits per heavy atom.